The molecule has 0 aromatic rings. The highest BCUT2D eigenvalue weighted by atomic mass is 16.5. The number of carbonyl (C=O) groups excluding carboxylic acids is 3. The van der Waals surface area contributed by atoms with Crippen molar-refractivity contribution in [1.29, 1.82) is 0 Å². The molecule has 56 heavy (non-hydrogen) atoms. The maximum atomic E-state index is 11.9. The molecule has 0 fully saturated rings. The molecular weight excluding hydrogens is 701 g/mol. The Balaban J connectivity index is -0.00000103. The van der Waals surface area contributed by atoms with Gasteiger partial charge in [-0.25, -0.2) is 0 Å². The van der Waals surface area contributed by atoms with E-state index in [1.54, 1.807) is 14.1 Å². The molecule has 0 spiro atoms. The molecule has 0 heterocycles. The van der Waals surface area contributed by atoms with Gasteiger partial charge in [-0.05, 0) is 77.4 Å². The number of hydrogen-bond donors (Lipinski definition) is 1. The first-order valence-corrected chi connectivity index (χ1v) is 24.1. The minimum atomic E-state index is -0.0127. The predicted molar refractivity (Wildman–Crippen MR) is 240 cm³/mol. The van der Waals surface area contributed by atoms with E-state index in [-0.39, 0.29) is 12.1 Å². The smallest absolute Gasteiger partial charge is 0.305 e. The summed E-state index contributed by atoms with van der Waals surface area (Å²) in [6.45, 7) is 13.6. The van der Waals surface area contributed by atoms with Crippen molar-refractivity contribution in [3.63, 3.8) is 0 Å². The monoisotopic (exact) mass is 799 g/mol. The molecule has 8 nitrogen and oxygen atoms in total. The van der Waals surface area contributed by atoms with Gasteiger partial charge in [-0.15, -0.1) is 0 Å². The summed E-state index contributed by atoms with van der Waals surface area (Å²) in [5.74, 6) is -0.0127. The Morgan fingerprint density at radius 2 is 0.875 bits per heavy atom. The lowest BCUT2D eigenvalue weighted by molar-refractivity contribution is -0.144. The second-order valence-electron chi connectivity index (χ2n) is 16.2. The van der Waals surface area contributed by atoms with Crippen LogP contribution in [-0.4, -0.2) is 80.3 Å². The molecule has 0 saturated carbocycles. The average molecular weight is 799 g/mol. The molecule has 0 aliphatic rings. The summed E-state index contributed by atoms with van der Waals surface area (Å²) < 4.78 is 10.6. The minimum absolute atomic E-state index is 0.0127. The summed E-state index contributed by atoms with van der Waals surface area (Å²) in [6.07, 6.45) is 42.3. The Labute approximate surface area is 349 Å². The molecule has 0 bridgehead atoms. The number of hydroxylamine groups is 2. The van der Waals surface area contributed by atoms with Gasteiger partial charge >= 0.3 is 5.97 Å². The van der Waals surface area contributed by atoms with Crippen LogP contribution in [0, 0.1) is 0 Å². The van der Waals surface area contributed by atoms with E-state index in [9.17, 15) is 14.4 Å². The Bertz CT molecular complexity index is 750. The van der Waals surface area contributed by atoms with Gasteiger partial charge in [0.2, 0.25) is 0 Å². The van der Waals surface area contributed by atoms with Crippen molar-refractivity contribution < 1.29 is 29.1 Å². The van der Waals surface area contributed by atoms with Crippen LogP contribution >= 0.6 is 0 Å². The van der Waals surface area contributed by atoms with Crippen LogP contribution in [0.1, 0.15) is 246 Å². The number of aldehydes is 1. The number of ether oxygens (including phenoxy) is 2. The summed E-state index contributed by atoms with van der Waals surface area (Å²) >= 11 is 0. The fourth-order valence-corrected chi connectivity index (χ4v) is 6.79. The highest BCUT2D eigenvalue weighted by Gasteiger charge is 2.09. The molecule has 0 aliphatic heterocycles. The van der Waals surface area contributed by atoms with Gasteiger partial charge in [0.15, 0.2) is 0 Å². The SMILES string of the molecule is CCCCCCCCC(CCCCCCC)OC=O.CCCCCCCCCOC(=O)CCCCCCCN(CCCC=O)CCCCCCCC.CN(C)O. The van der Waals surface area contributed by atoms with Crippen LogP contribution in [0.4, 0.5) is 0 Å². The number of esters is 1. The standard InChI is InChI=1S/C29H57NO3.C17H34O2.C2H7NO/c1-3-5-7-9-11-16-22-28-33-29(32)23-17-13-12-15-19-25-30(26-20-21-27-31)24-18-14-10-8-6-4-2;1-3-5-7-9-11-13-15-17(19-16-18)14-12-10-8-6-4-2;1-3(2)4/h27H,3-26,28H2,1-2H3;16-17H,3-15H2,1-2H3;4H,1-2H3. The van der Waals surface area contributed by atoms with Crippen LogP contribution in [0.15, 0.2) is 0 Å². The number of unbranched alkanes of at least 4 members (excludes halogenated alkanes) is 25. The fourth-order valence-electron chi connectivity index (χ4n) is 6.79. The van der Waals surface area contributed by atoms with Crippen molar-refractivity contribution in [2.24, 2.45) is 0 Å². The zero-order chi connectivity index (χ0) is 42.0. The fraction of sp³-hybridized carbons (Fsp3) is 0.938. The van der Waals surface area contributed by atoms with Crippen LogP contribution < -0.4 is 0 Å². The van der Waals surface area contributed by atoms with Gasteiger partial charge in [-0.3, -0.25) is 9.59 Å². The van der Waals surface area contributed by atoms with E-state index in [2.05, 4.69) is 32.6 Å². The van der Waals surface area contributed by atoms with E-state index in [1.165, 1.54) is 173 Å². The van der Waals surface area contributed by atoms with E-state index in [1.807, 2.05) is 0 Å². The van der Waals surface area contributed by atoms with Crippen LogP contribution in [0.25, 0.3) is 0 Å². The van der Waals surface area contributed by atoms with Gasteiger partial charge in [0, 0.05) is 26.9 Å². The third-order valence-electron chi connectivity index (χ3n) is 10.2. The van der Waals surface area contributed by atoms with Gasteiger partial charge < -0.3 is 24.4 Å². The first kappa shape index (κ1) is 58.8. The van der Waals surface area contributed by atoms with Crippen molar-refractivity contribution in [1.82, 2.24) is 9.96 Å². The van der Waals surface area contributed by atoms with Gasteiger partial charge in [0.05, 0.1) is 6.61 Å². The van der Waals surface area contributed by atoms with Gasteiger partial charge in [0.1, 0.15) is 12.4 Å². The molecular formula is C48H98N2O6. The lowest BCUT2D eigenvalue weighted by atomic mass is 10.0. The van der Waals surface area contributed by atoms with Crippen LogP contribution in [0.3, 0.4) is 0 Å². The Kier molecular flexibility index (Phi) is 56.2. The predicted octanol–water partition coefficient (Wildman–Crippen LogP) is 13.8. The van der Waals surface area contributed by atoms with Crippen molar-refractivity contribution in [2.45, 2.75) is 252 Å². The maximum absolute atomic E-state index is 11.9. The summed E-state index contributed by atoms with van der Waals surface area (Å²) in [6, 6.07) is 0. The van der Waals surface area contributed by atoms with Crippen molar-refractivity contribution >= 4 is 18.7 Å². The van der Waals surface area contributed by atoms with Crippen molar-refractivity contribution in [3.8, 4) is 0 Å². The molecule has 0 aliphatic carbocycles. The molecule has 0 saturated heterocycles. The number of nitrogens with zero attached hydrogens (tertiary/aromatic N) is 2. The molecule has 8 heteroatoms. The van der Waals surface area contributed by atoms with Crippen molar-refractivity contribution in [3.05, 3.63) is 0 Å². The van der Waals surface area contributed by atoms with Crippen LogP contribution in [-0.2, 0) is 23.9 Å². The molecule has 1 N–H and O–H groups in total. The van der Waals surface area contributed by atoms with Gasteiger partial charge in [-0.2, -0.15) is 5.06 Å². The van der Waals surface area contributed by atoms with E-state index >= 15 is 0 Å². The molecule has 0 rings (SSSR count). The summed E-state index contributed by atoms with van der Waals surface area (Å²) in [5, 5.41) is 8.89. The second kappa shape index (κ2) is 53.5. The van der Waals surface area contributed by atoms with Gasteiger partial charge in [-0.1, -0.05) is 175 Å². The third-order valence-corrected chi connectivity index (χ3v) is 10.2. The van der Waals surface area contributed by atoms with E-state index < -0.39 is 0 Å². The first-order chi connectivity index (χ1) is 27.3. The molecule has 336 valence electrons. The molecule has 0 aromatic heterocycles. The number of carbonyl (C=O) groups is 3. The summed E-state index contributed by atoms with van der Waals surface area (Å²) in [7, 11) is 3.11. The van der Waals surface area contributed by atoms with E-state index in [0.717, 1.165) is 63.0 Å². The first-order valence-electron chi connectivity index (χ1n) is 24.1. The summed E-state index contributed by atoms with van der Waals surface area (Å²) in [5.41, 5.74) is 0. The quantitative estimate of drug-likeness (QED) is 0.0282. The largest absolute Gasteiger partial charge is 0.466 e. The van der Waals surface area contributed by atoms with Crippen molar-refractivity contribution in [2.75, 3.05) is 40.3 Å². The third kappa shape index (κ3) is 56.8. The Hall–Kier alpha value is -1.51. The second-order valence-corrected chi connectivity index (χ2v) is 16.2. The average Bonchev–Trinajstić information content (AvgIpc) is 3.17. The minimum Gasteiger partial charge on any atom is -0.466 e. The number of rotatable bonds is 42. The molecule has 1 unspecified atom stereocenters. The Morgan fingerprint density at radius 3 is 1.29 bits per heavy atom. The zero-order valence-corrected chi connectivity index (χ0v) is 38.5. The summed E-state index contributed by atoms with van der Waals surface area (Å²) in [4.78, 5) is 35.5. The highest BCUT2D eigenvalue weighted by molar-refractivity contribution is 5.69. The molecule has 1 atom stereocenters. The highest BCUT2D eigenvalue weighted by Crippen LogP contribution is 2.16. The number of hydrogen-bond acceptors (Lipinski definition) is 8. The molecule has 0 aromatic carbocycles. The maximum Gasteiger partial charge on any atom is 0.305 e. The van der Waals surface area contributed by atoms with E-state index in [4.69, 9.17) is 14.7 Å². The van der Waals surface area contributed by atoms with Crippen LogP contribution in [0.2, 0.25) is 0 Å². The van der Waals surface area contributed by atoms with Crippen LogP contribution in [0.5, 0.6) is 0 Å². The van der Waals surface area contributed by atoms with E-state index in [0.29, 0.717) is 25.9 Å². The lowest BCUT2D eigenvalue weighted by Gasteiger charge is -2.22. The topological polar surface area (TPSA) is 96.4 Å². The molecule has 0 amide bonds. The van der Waals surface area contributed by atoms with Gasteiger partial charge in [0.25, 0.3) is 6.47 Å². The normalized spacial score (nSPS) is 11.4. The molecule has 0 radical (unpaired) electrons. The lowest BCUT2D eigenvalue weighted by Crippen LogP contribution is -2.27. The Morgan fingerprint density at radius 1 is 0.518 bits per heavy atom. The zero-order valence-electron chi connectivity index (χ0n) is 38.5.